The Bertz CT molecular complexity index is 1130. The number of amides is 1. The Kier molecular flexibility index (Phi) is 6.63. The van der Waals surface area contributed by atoms with Crippen molar-refractivity contribution in [2.75, 3.05) is 20.6 Å². The zero-order valence-electron chi connectivity index (χ0n) is 16.7. The summed E-state index contributed by atoms with van der Waals surface area (Å²) >= 11 is 0. The van der Waals surface area contributed by atoms with E-state index in [1.165, 1.54) is 43.4 Å². The second kappa shape index (κ2) is 9.19. The topological polar surface area (TPSA) is 95.2 Å². The van der Waals surface area contributed by atoms with Gasteiger partial charge in [-0.05, 0) is 62.4 Å². The minimum atomic E-state index is -3.53. The number of sulfonamides is 1. The molecule has 0 saturated carbocycles. The van der Waals surface area contributed by atoms with Gasteiger partial charge in [-0.3, -0.25) is 9.89 Å². The van der Waals surface area contributed by atoms with E-state index in [4.69, 9.17) is 0 Å². The van der Waals surface area contributed by atoms with E-state index < -0.39 is 10.0 Å². The van der Waals surface area contributed by atoms with Crippen LogP contribution in [0.2, 0.25) is 0 Å². The first kappa shape index (κ1) is 21.7. The number of nitrogens with one attached hydrogen (secondary N) is 2. The molecular weight excluding hydrogens is 407 g/mol. The molecule has 0 fully saturated rings. The van der Waals surface area contributed by atoms with Crippen LogP contribution in [0.4, 0.5) is 4.39 Å². The van der Waals surface area contributed by atoms with Gasteiger partial charge in [0.1, 0.15) is 5.82 Å². The molecule has 0 aliphatic rings. The molecule has 0 bridgehead atoms. The molecule has 2 aromatic carbocycles. The van der Waals surface area contributed by atoms with E-state index >= 15 is 0 Å². The Balaban J connectivity index is 1.54. The lowest BCUT2D eigenvalue weighted by Crippen LogP contribution is -2.28. The molecule has 2 N–H and O–H groups in total. The maximum Gasteiger partial charge on any atom is 0.253 e. The summed E-state index contributed by atoms with van der Waals surface area (Å²) in [4.78, 5) is 14.2. The Morgan fingerprint density at radius 2 is 1.90 bits per heavy atom. The van der Waals surface area contributed by atoms with E-state index in [1.54, 1.807) is 24.1 Å². The lowest BCUT2D eigenvalue weighted by Gasteiger charge is -2.17. The molecule has 0 unspecified atom stereocenters. The van der Waals surface area contributed by atoms with Crippen LogP contribution in [-0.4, -0.2) is 50.1 Å². The highest BCUT2D eigenvalue weighted by atomic mass is 32.2. The maximum absolute atomic E-state index is 13.4. The average Bonchev–Trinajstić information content (AvgIpc) is 3.22. The molecular formula is C21H23FN4O3S. The van der Waals surface area contributed by atoms with Gasteiger partial charge in [0.05, 0.1) is 10.6 Å². The number of aryl methyl sites for hydroxylation is 1. The smallest absolute Gasteiger partial charge is 0.253 e. The molecule has 0 aliphatic heterocycles. The monoisotopic (exact) mass is 430 g/mol. The lowest BCUT2D eigenvalue weighted by molar-refractivity contribution is 0.0793. The van der Waals surface area contributed by atoms with Gasteiger partial charge in [0.25, 0.3) is 5.91 Å². The summed E-state index contributed by atoms with van der Waals surface area (Å²) in [6.45, 7) is 0.518. The van der Waals surface area contributed by atoms with E-state index in [0.29, 0.717) is 36.2 Å². The average molecular weight is 431 g/mol. The second-order valence-corrected chi connectivity index (χ2v) is 8.74. The normalized spacial score (nSPS) is 11.4. The molecule has 0 atom stereocenters. The Morgan fingerprint density at radius 1 is 1.17 bits per heavy atom. The molecule has 9 heteroatoms. The Hall–Kier alpha value is -3.04. The van der Waals surface area contributed by atoms with Crippen LogP contribution in [0, 0.1) is 5.82 Å². The zero-order chi connectivity index (χ0) is 21.7. The first-order valence-corrected chi connectivity index (χ1v) is 10.9. The predicted octanol–water partition coefficient (Wildman–Crippen LogP) is 2.83. The molecule has 0 aliphatic carbocycles. The minimum Gasteiger partial charge on any atom is -0.342 e. The number of rotatable bonds is 8. The number of aromatic amines is 1. The molecule has 3 aromatic rings. The van der Waals surface area contributed by atoms with Crippen molar-refractivity contribution in [3.63, 3.8) is 0 Å². The van der Waals surface area contributed by atoms with Gasteiger partial charge in [-0.25, -0.2) is 17.5 Å². The molecule has 0 radical (unpaired) electrons. The molecule has 7 nitrogen and oxygen atoms in total. The minimum absolute atomic E-state index is 0.109. The van der Waals surface area contributed by atoms with Crippen LogP contribution in [0.3, 0.4) is 0 Å². The van der Waals surface area contributed by atoms with Gasteiger partial charge in [0.2, 0.25) is 10.0 Å². The van der Waals surface area contributed by atoms with Gasteiger partial charge < -0.3 is 4.90 Å². The van der Waals surface area contributed by atoms with Gasteiger partial charge in [-0.15, -0.1) is 0 Å². The van der Waals surface area contributed by atoms with Crippen LogP contribution in [0.5, 0.6) is 0 Å². The van der Waals surface area contributed by atoms with Crippen LogP contribution in [0.15, 0.2) is 59.5 Å². The zero-order valence-corrected chi connectivity index (χ0v) is 17.5. The summed E-state index contributed by atoms with van der Waals surface area (Å²) in [5.41, 5.74) is 2.69. The van der Waals surface area contributed by atoms with Gasteiger partial charge in [-0.2, -0.15) is 5.10 Å². The SMILES string of the molecule is CNS(=O)(=O)c1ccc(C(=O)N(C)CCCc2cc(-c3cccc(F)c3)n[nH]2)cc1. The molecule has 3 rings (SSSR count). The number of nitrogens with zero attached hydrogens (tertiary/aromatic N) is 2. The van der Waals surface area contributed by atoms with E-state index in [1.807, 2.05) is 6.07 Å². The highest BCUT2D eigenvalue weighted by Gasteiger charge is 2.15. The fourth-order valence-corrected chi connectivity index (χ4v) is 3.74. The van der Waals surface area contributed by atoms with E-state index in [2.05, 4.69) is 14.9 Å². The molecule has 0 saturated heterocycles. The van der Waals surface area contributed by atoms with E-state index in [-0.39, 0.29) is 16.6 Å². The van der Waals surface area contributed by atoms with Crippen LogP contribution >= 0.6 is 0 Å². The Morgan fingerprint density at radius 3 is 2.57 bits per heavy atom. The Labute approximate surface area is 175 Å². The van der Waals surface area contributed by atoms with Crippen LogP contribution < -0.4 is 4.72 Å². The molecule has 30 heavy (non-hydrogen) atoms. The van der Waals surface area contributed by atoms with E-state index in [0.717, 1.165) is 5.69 Å². The molecule has 1 heterocycles. The number of aromatic nitrogens is 2. The number of hydrogen-bond donors (Lipinski definition) is 2. The van der Waals surface area contributed by atoms with Crippen molar-refractivity contribution in [1.29, 1.82) is 0 Å². The molecule has 0 spiro atoms. The fourth-order valence-electron chi connectivity index (χ4n) is 3.01. The third-order valence-electron chi connectivity index (χ3n) is 4.72. The second-order valence-electron chi connectivity index (χ2n) is 6.85. The summed E-state index contributed by atoms with van der Waals surface area (Å²) < 4.78 is 39.1. The van der Waals surface area contributed by atoms with Crippen molar-refractivity contribution in [1.82, 2.24) is 19.8 Å². The number of carbonyl (C=O) groups excluding carboxylic acids is 1. The van der Waals surface area contributed by atoms with Gasteiger partial charge in [-0.1, -0.05) is 12.1 Å². The van der Waals surface area contributed by atoms with Gasteiger partial charge >= 0.3 is 0 Å². The van der Waals surface area contributed by atoms with Crippen molar-refractivity contribution in [3.05, 3.63) is 71.7 Å². The predicted molar refractivity (Wildman–Crippen MR) is 112 cm³/mol. The van der Waals surface area contributed by atoms with Gasteiger partial charge in [0, 0.05) is 30.4 Å². The molecule has 158 valence electrons. The third kappa shape index (κ3) is 5.11. The highest BCUT2D eigenvalue weighted by molar-refractivity contribution is 7.89. The van der Waals surface area contributed by atoms with Crippen molar-refractivity contribution >= 4 is 15.9 Å². The van der Waals surface area contributed by atoms with Crippen molar-refractivity contribution in [3.8, 4) is 11.3 Å². The molecule has 1 amide bonds. The van der Waals surface area contributed by atoms with E-state index in [9.17, 15) is 17.6 Å². The van der Waals surface area contributed by atoms with Crippen LogP contribution in [0.1, 0.15) is 22.5 Å². The van der Waals surface area contributed by atoms with Crippen molar-refractivity contribution in [2.45, 2.75) is 17.7 Å². The van der Waals surface area contributed by atoms with Crippen molar-refractivity contribution in [2.24, 2.45) is 0 Å². The van der Waals surface area contributed by atoms with Crippen LogP contribution in [-0.2, 0) is 16.4 Å². The summed E-state index contributed by atoms with van der Waals surface area (Å²) in [6, 6.07) is 13.9. The van der Waals surface area contributed by atoms with Crippen LogP contribution in [0.25, 0.3) is 11.3 Å². The third-order valence-corrected chi connectivity index (χ3v) is 6.15. The largest absolute Gasteiger partial charge is 0.342 e. The first-order chi connectivity index (χ1) is 14.3. The first-order valence-electron chi connectivity index (χ1n) is 9.39. The summed E-state index contributed by atoms with van der Waals surface area (Å²) in [7, 11) is -0.495. The number of halogens is 1. The lowest BCUT2D eigenvalue weighted by atomic mass is 10.1. The number of hydrogen-bond acceptors (Lipinski definition) is 4. The fraction of sp³-hybridized carbons (Fsp3) is 0.238. The number of benzene rings is 2. The quantitative estimate of drug-likeness (QED) is 0.575. The van der Waals surface area contributed by atoms with Gasteiger partial charge in [0.15, 0.2) is 0 Å². The van der Waals surface area contributed by atoms with Crippen molar-refractivity contribution < 1.29 is 17.6 Å². The number of carbonyl (C=O) groups is 1. The summed E-state index contributed by atoms with van der Waals surface area (Å²) in [5, 5.41) is 7.16. The highest BCUT2D eigenvalue weighted by Crippen LogP contribution is 2.19. The summed E-state index contributed by atoms with van der Waals surface area (Å²) in [5.74, 6) is -0.498. The summed E-state index contributed by atoms with van der Waals surface area (Å²) in [6.07, 6.45) is 1.39. The standard InChI is InChI=1S/C21H23FN4O3S/c1-23-30(28,29)19-10-8-15(9-11-19)21(27)26(2)12-4-7-18-14-20(25-24-18)16-5-3-6-17(22)13-16/h3,5-6,8-11,13-14,23H,4,7,12H2,1-2H3,(H,24,25). The maximum atomic E-state index is 13.4. The molecule has 1 aromatic heterocycles. The number of H-pyrrole nitrogens is 1.